The average Bonchev–Trinajstić information content (AvgIpc) is 2.99. The summed E-state index contributed by atoms with van der Waals surface area (Å²) in [6.07, 6.45) is 3.57. The number of ether oxygens (including phenoxy) is 1. The fraction of sp³-hybridized carbons (Fsp3) is 0. The molecular weight excluding hydrogens is 559 g/mol. The molecule has 6 aromatic rings. The molecule has 0 atom stereocenters. The van der Waals surface area contributed by atoms with Gasteiger partial charge in [-0.05, 0) is 34.6 Å². The quantitative estimate of drug-likeness (QED) is 0.146. The monoisotopic (exact) mass is 580 g/mol. The number of rotatable bonds is 6. The molecule has 0 amide bonds. The molecule has 38 heavy (non-hydrogen) atoms. The molecule has 0 saturated carbocycles. The van der Waals surface area contributed by atoms with Gasteiger partial charge < -0.3 is 14.7 Å². The molecule has 4 heteroatoms. The summed E-state index contributed by atoms with van der Waals surface area (Å²) in [5.74, 6) is 1.19. The summed E-state index contributed by atoms with van der Waals surface area (Å²) >= 11 is 0. The molecular formula is C34H22N2OPd. The van der Waals surface area contributed by atoms with Gasteiger partial charge in [-0.15, -0.1) is 23.3 Å². The summed E-state index contributed by atoms with van der Waals surface area (Å²) < 4.78 is 6.46. The van der Waals surface area contributed by atoms with Crippen LogP contribution in [0.15, 0.2) is 134 Å². The Morgan fingerprint density at radius 2 is 0.868 bits per heavy atom. The van der Waals surface area contributed by atoms with E-state index in [9.17, 15) is 0 Å². The largest absolute Gasteiger partial charge is 2.00 e. The number of aromatic nitrogens is 2. The van der Waals surface area contributed by atoms with E-state index < -0.39 is 0 Å². The van der Waals surface area contributed by atoms with Crippen molar-refractivity contribution in [1.82, 2.24) is 9.97 Å². The van der Waals surface area contributed by atoms with E-state index in [0.717, 1.165) is 44.8 Å². The Morgan fingerprint density at radius 1 is 0.447 bits per heavy atom. The predicted octanol–water partition coefficient (Wildman–Crippen LogP) is 8.53. The molecule has 0 saturated heterocycles. The van der Waals surface area contributed by atoms with Gasteiger partial charge in [0.05, 0.1) is 0 Å². The van der Waals surface area contributed by atoms with Crippen LogP contribution in [0.3, 0.4) is 0 Å². The first-order valence-electron chi connectivity index (χ1n) is 12.1. The number of hydrogen-bond acceptors (Lipinski definition) is 3. The molecule has 6 rings (SSSR count). The van der Waals surface area contributed by atoms with Crippen LogP contribution in [0.1, 0.15) is 0 Å². The van der Waals surface area contributed by atoms with Crippen LogP contribution in [0, 0.1) is 12.1 Å². The van der Waals surface area contributed by atoms with Gasteiger partial charge in [0.1, 0.15) is 0 Å². The molecule has 0 aliphatic heterocycles. The van der Waals surface area contributed by atoms with E-state index in [0.29, 0.717) is 11.5 Å². The summed E-state index contributed by atoms with van der Waals surface area (Å²) in [5.41, 5.74) is 7.63. The number of benzene rings is 4. The van der Waals surface area contributed by atoms with Gasteiger partial charge in [-0.2, -0.15) is 0 Å². The fourth-order valence-corrected chi connectivity index (χ4v) is 4.23. The molecule has 0 spiro atoms. The van der Waals surface area contributed by atoms with Crippen LogP contribution in [-0.4, -0.2) is 9.97 Å². The first-order valence-corrected chi connectivity index (χ1v) is 12.1. The normalized spacial score (nSPS) is 10.4. The van der Waals surface area contributed by atoms with Gasteiger partial charge >= 0.3 is 20.4 Å². The third-order valence-electron chi connectivity index (χ3n) is 6.00. The van der Waals surface area contributed by atoms with Gasteiger partial charge in [0.25, 0.3) is 0 Å². The Kier molecular flexibility index (Phi) is 7.85. The molecule has 0 aliphatic carbocycles. The molecule has 2 aromatic heterocycles. The summed E-state index contributed by atoms with van der Waals surface area (Å²) in [5, 5.41) is 0. The average molecular weight is 581 g/mol. The molecule has 0 aliphatic rings. The molecule has 184 valence electrons. The number of nitrogens with zero attached hydrogens (tertiary/aromatic N) is 2. The van der Waals surface area contributed by atoms with Crippen molar-refractivity contribution < 1.29 is 25.2 Å². The molecule has 0 unspecified atom stereocenters. The summed E-state index contributed by atoms with van der Waals surface area (Å²) in [6.45, 7) is 0. The molecule has 0 fully saturated rings. The topological polar surface area (TPSA) is 35.0 Å². The van der Waals surface area contributed by atoms with Crippen molar-refractivity contribution in [3.05, 3.63) is 146 Å². The standard InChI is InChI=1S/C34H22N2O.Pd/c1-3-11-25(12-4-1)27-19-29(33-15-7-9-17-35-33)23-31(21-27)37-32-22-28(26-13-5-2-6-14-26)20-30(24-32)34-16-8-10-18-36-34;/h1-22H;/q-2;+2. The smallest absolute Gasteiger partial charge is 0.497 e. The number of hydrogen-bond donors (Lipinski definition) is 0. The van der Waals surface area contributed by atoms with Crippen LogP contribution in [0.5, 0.6) is 11.5 Å². The van der Waals surface area contributed by atoms with Crippen molar-refractivity contribution in [2.24, 2.45) is 0 Å². The second-order valence-corrected chi connectivity index (χ2v) is 8.56. The van der Waals surface area contributed by atoms with E-state index >= 15 is 0 Å². The predicted molar refractivity (Wildman–Crippen MR) is 148 cm³/mol. The van der Waals surface area contributed by atoms with Crippen LogP contribution in [0.25, 0.3) is 44.8 Å². The van der Waals surface area contributed by atoms with Gasteiger partial charge in [-0.25, -0.2) is 0 Å². The third kappa shape index (κ3) is 5.79. The zero-order valence-electron chi connectivity index (χ0n) is 20.3. The van der Waals surface area contributed by atoms with Gasteiger partial charge in [-0.3, -0.25) is 0 Å². The van der Waals surface area contributed by atoms with Crippen LogP contribution in [-0.2, 0) is 20.4 Å². The summed E-state index contributed by atoms with van der Waals surface area (Å²) in [6, 6.07) is 47.2. The minimum absolute atomic E-state index is 0. The summed E-state index contributed by atoms with van der Waals surface area (Å²) in [4.78, 5) is 9.07. The van der Waals surface area contributed by atoms with E-state index in [2.05, 4.69) is 58.5 Å². The second kappa shape index (κ2) is 11.8. The minimum Gasteiger partial charge on any atom is -0.497 e. The molecule has 0 radical (unpaired) electrons. The van der Waals surface area contributed by atoms with E-state index in [1.807, 2.05) is 84.9 Å². The van der Waals surface area contributed by atoms with Crippen molar-refractivity contribution in [3.8, 4) is 56.3 Å². The zero-order valence-corrected chi connectivity index (χ0v) is 21.9. The Bertz CT molecular complexity index is 1380. The Morgan fingerprint density at radius 3 is 1.26 bits per heavy atom. The maximum Gasteiger partial charge on any atom is 2.00 e. The van der Waals surface area contributed by atoms with E-state index in [1.165, 1.54) is 0 Å². The van der Waals surface area contributed by atoms with Crippen LogP contribution in [0.2, 0.25) is 0 Å². The Hall–Kier alpha value is -4.36. The fourth-order valence-electron chi connectivity index (χ4n) is 4.23. The van der Waals surface area contributed by atoms with Crippen molar-refractivity contribution in [2.45, 2.75) is 0 Å². The van der Waals surface area contributed by atoms with Gasteiger partial charge in [0.2, 0.25) is 0 Å². The van der Waals surface area contributed by atoms with E-state index in [1.54, 1.807) is 12.4 Å². The maximum absolute atomic E-state index is 6.46. The maximum atomic E-state index is 6.46. The van der Waals surface area contributed by atoms with Crippen molar-refractivity contribution in [3.63, 3.8) is 0 Å². The van der Waals surface area contributed by atoms with Crippen LogP contribution >= 0.6 is 0 Å². The third-order valence-corrected chi connectivity index (χ3v) is 6.00. The van der Waals surface area contributed by atoms with Crippen molar-refractivity contribution >= 4 is 0 Å². The van der Waals surface area contributed by atoms with Gasteiger partial charge in [0, 0.05) is 23.9 Å². The molecule has 2 heterocycles. The van der Waals surface area contributed by atoms with Gasteiger partial charge in [0.15, 0.2) is 0 Å². The molecule has 3 nitrogen and oxygen atoms in total. The van der Waals surface area contributed by atoms with Crippen LogP contribution < -0.4 is 4.74 Å². The van der Waals surface area contributed by atoms with E-state index in [-0.39, 0.29) is 20.4 Å². The van der Waals surface area contributed by atoms with Crippen molar-refractivity contribution in [2.75, 3.05) is 0 Å². The first kappa shape index (κ1) is 25.3. The molecule has 0 bridgehead atoms. The van der Waals surface area contributed by atoms with E-state index in [4.69, 9.17) is 4.74 Å². The van der Waals surface area contributed by atoms with Crippen molar-refractivity contribution in [1.29, 1.82) is 0 Å². The summed E-state index contributed by atoms with van der Waals surface area (Å²) in [7, 11) is 0. The van der Waals surface area contributed by atoms with Crippen LogP contribution in [0.4, 0.5) is 0 Å². The minimum atomic E-state index is 0. The Labute approximate surface area is 236 Å². The number of pyridine rings is 2. The second-order valence-electron chi connectivity index (χ2n) is 8.56. The zero-order chi connectivity index (χ0) is 24.9. The first-order chi connectivity index (χ1) is 18.3. The molecule has 0 N–H and O–H groups in total. The SMILES string of the molecule is [Pd+2].[c-]1c(Oc2[c-]c(-c3ccccn3)cc(-c3ccccc3)c2)cc(-c2ccccc2)cc1-c1ccccn1. The Balaban J connectivity index is 0.00000294. The molecule has 4 aromatic carbocycles. The van der Waals surface area contributed by atoms with Gasteiger partial charge in [-0.1, -0.05) is 120 Å².